The number of hydrogen-bond donors (Lipinski definition) is 1. The molecule has 3 atom stereocenters. The van der Waals surface area contributed by atoms with Gasteiger partial charge in [-0.05, 0) is 31.4 Å². The van der Waals surface area contributed by atoms with Crippen molar-refractivity contribution in [1.29, 1.82) is 0 Å². The van der Waals surface area contributed by atoms with Crippen LogP contribution in [-0.2, 0) is 0 Å². The Labute approximate surface area is 134 Å². The Hall–Kier alpha value is -0.670. The van der Waals surface area contributed by atoms with E-state index in [9.17, 15) is 0 Å². The van der Waals surface area contributed by atoms with Crippen molar-refractivity contribution in [1.82, 2.24) is 5.32 Å². The maximum absolute atomic E-state index is 5.53. The van der Waals surface area contributed by atoms with Crippen LogP contribution in [0.1, 0.15) is 51.1 Å². The second-order valence-electron chi connectivity index (χ2n) is 6.08. The van der Waals surface area contributed by atoms with Crippen molar-refractivity contribution in [3.8, 4) is 5.75 Å². The first-order valence-corrected chi connectivity index (χ1v) is 9.27. The Bertz CT molecular complexity index is 423. The molecule has 1 aromatic carbocycles. The van der Waals surface area contributed by atoms with Crippen LogP contribution in [0.2, 0.25) is 0 Å². The highest BCUT2D eigenvalue weighted by atomic mass is 32.2. The van der Waals surface area contributed by atoms with Crippen LogP contribution in [0.3, 0.4) is 0 Å². The van der Waals surface area contributed by atoms with Crippen LogP contribution in [0.5, 0.6) is 5.75 Å². The van der Waals surface area contributed by atoms with Gasteiger partial charge in [0.05, 0.1) is 7.11 Å². The summed E-state index contributed by atoms with van der Waals surface area (Å²) in [5.74, 6) is 3.03. The molecule has 1 N–H and O–H groups in total. The normalized spacial score (nSPS) is 23.8. The predicted molar refractivity (Wildman–Crippen MR) is 93.3 cm³/mol. The summed E-state index contributed by atoms with van der Waals surface area (Å²) in [4.78, 5) is 0. The summed E-state index contributed by atoms with van der Waals surface area (Å²) in [5.41, 5.74) is 1.29. The lowest BCUT2D eigenvalue weighted by molar-refractivity contribution is 0.393. The Balaban J connectivity index is 1.98. The van der Waals surface area contributed by atoms with E-state index in [1.165, 1.54) is 31.2 Å². The number of nitrogens with one attached hydrogen (secondary N) is 1. The molecule has 1 aliphatic rings. The maximum Gasteiger partial charge on any atom is 0.123 e. The molecule has 0 aliphatic heterocycles. The Morgan fingerprint density at radius 3 is 2.86 bits per heavy atom. The molecule has 0 heterocycles. The first kappa shape index (κ1) is 16.7. The molecule has 1 saturated carbocycles. The summed E-state index contributed by atoms with van der Waals surface area (Å²) in [6.07, 6.45) is 5.59. The molecular formula is C18H29NOS. The monoisotopic (exact) mass is 307 g/mol. The third kappa shape index (κ3) is 4.93. The molecule has 2 rings (SSSR count). The molecule has 1 fully saturated rings. The van der Waals surface area contributed by atoms with E-state index in [0.29, 0.717) is 6.04 Å². The summed E-state index contributed by atoms with van der Waals surface area (Å²) in [7, 11) is 1.76. The molecule has 3 heteroatoms. The zero-order valence-electron chi connectivity index (χ0n) is 13.6. The minimum absolute atomic E-state index is 0.383. The Morgan fingerprint density at radius 2 is 2.14 bits per heavy atom. The van der Waals surface area contributed by atoms with E-state index in [1.807, 2.05) is 6.07 Å². The van der Waals surface area contributed by atoms with Crippen LogP contribution in [-0.4, -0.2) is 24.7 Å². The maximum atomic E-state index is 5.53. The first-order valence-electron chi connectivity index (χ1n) is 8.22. The highest BCUT2D eigenvalue weighted by Crippen LogP contribution is 2.35. The van der Waals surface area contributed by atoms with Gasteiger partial charge in [0.2, 0.25) is 0 Å². The lowest BCUT2D eigenvalue weighted by Crippen LogP contribution is -2.25. The number of benzene rings is 1. The molecule has 0 bridgehead atoms. The third-order valence-electron chi connectivity index (χ3n) is 4.35. The smallest absolute Gasteiger partial charge is 0.123 e. The van der Waals surface area contributed by atoms with Crippen LogP contribution >= 0.6 is 11.8 Å². The second kappa shape index (κ2) is 8.70. The summed E-state index contributed by atoms with van der Waals surface area (Å²) in [6, 6.07) is 8.79. The minimum atomic E-state index is 0.383. The molecule has 21 heavy (non-hydrogen) atoms. The van der Waals surface area contributed by atoms with E-state index in [0.717, 1.165) is 29.2 Å². The van der Waals surface area contributed by atoms with Gasteiger partial charge in [0.15, 0.2) is 0 Å². The van der Waals surface area contributed by atoms with E-state index >= 15 is 0 Å². The minimum Gasteiger partial charge on any atom is -0.496 e. The van der Waals surface area contributed by atoms with Gasteiger partial charge in [0.1, 0.15) is 5.75 Å². The van der Waals surface area contributed by atoms with Crippen LogP contribution in [0.25, 0.3) is 0 Å². The van der Waals surface area contributed by atoms with Crippen LogP contribution in [0.15, 0.2) is 24.3 Å². The summed E-state index contributed by atoms with van der Waals surface area (Å²) in [6.45, 7) is 5.56. The summed E-state index contributed by atoms with van der Waals surface area (Å²) < 4.78 is 5.53. The molecule has 0 radical (unpaired) electrons. The molecule has 2 nitrogen and oxygen atoms in total. The van der Waals surface area contributed by atoms with Crippen LogP contribution < -0.4 is 10.1 Å². The van der Waals surface area contributed by atoms with Crippen molar-refractivity contribution in [2.45, 2.75) is 50.8 Å². The molecular weight excluding hydrogens is 278 g/mol. The van der Waals surface area contributed by atoms with Crippen molar-refractivity contribution >= 4 is 11.8 Å². The van der Waals surface area contributed by atoms with E-state index in [-0.39, 0.29) is 0 Å². The predicted octanol–water partition coefficient (Wildman–Crippen LogP) is 4.66. The molecule has 0 spiro atoms. The zero-order chi connectivity index (χ0) is 15.1. The van der Waals surface area contributed by atoms with Gasteiger partial charge in [-0.2, -0.15) is 11.8 Å². The quantitative estimate of drug-likeness (QED) is 0.792. The van der Waals surface area contributed by atoms with Crippen molar-refractivity contribution in [2.24, 2.45) is 5.92 Å². The van der Waals surface area contributed by atoms with Crippen molar-refractivity contribution in [3.05, 3.63) is 29.8 Å². The van der Waals surface area contributed by atoms with Crippen LogP contribution in [0, 0.1) is 5.92 Å². The standard InChI is InChI=1S/C18H29NOS/c1-4-19-17(16-10-5-6-11-18(16)20-3)13-21-15-9-7-8-14(2)12-15/h5-6,10-11,14-15,17,19H,4,7-9,12-13H2,1-3H3. The van der Waals surface area contributed by atoms with Gasteiger partial charge in [0.25, 0.3) is 0 Å². The van der Waals surface area contributed by atoms with E-state index in [2.05, 4.69) is 49.1 Å². The van der Waals surface area contributed by atoms with Crippen molar-refractivity contribution in [2.75, 3.05) is 19.4 Å². The number of methoxy groups -OCH3 is 1. The fraction of sp³-hybridized carbons (Fsp3) is 0.667. The second-order valence-corrected chi connectivity index (χ2v) is 7.41. The SMILES string of the molecule is CCNC(CSC1CCCC(C)C1)c1ccccc1OC. The van der Waals surface area contributed by atoms with E-state index in [1.54, 1.807) is 7.11 Å². The fourth-order valence-corrected chi connectivity index (χ4v) is 4.78. The molecule has 1 aromatic rings. The molecule has 0 amide bonds. The highest BCUT2D eigenvalue weighted by Gasteiger charge is 2.22. The Morgan fingerprint density at radius 1 is 1.33 bits per heavy atom. The van der Waals surface area contributed by atoms with Gasteiger partial charge in [-0.15, -0.1) is 0 Å². The molecule has 118 valence electrons. The zero-order valence-corrected chi connectivity index (χ0v) is 14.4. The van der Waals surface area contributed by atoms with Gasteiger partial charge in [-0.1, -0.05) is 44.9 Å². The summed E-state index contributed by atoms with van der Waals surface area (Å²) >= 11 is 2.15. The lowest BCUT2D eigenvalue weighted by Gasteiger charge is -2.28. The van der Waals surface area contributed by atoms with E-state index < -0.39 is 0 Å². The average Bonchev–Trinajstić information content (AvgIpc) is 2.51. The van der Waals surface area contributed by atoms with Gasteiger partial charge >= 0.3 is 0 Å². The third-order valence-corrected chi connectivity index (χ3v) is 5.78. The average molecular weight is 308 g/mol. The molecule has 0 saturated heterocycles. The van der Waals surface area contributed by atoms with E-state index in [4.69, 9.17) is 4.74 Å². The van der Waals surface area contributed by atoms with Gasteiger partial charge in [-0.3, -0.25) is 0 Å². The van der Waals surface area contributed by atoms with Crippen molar-refractivity contribution in [3.63, 3.8) is 0 Å². The number of hydrogen-bond acceptors (Lipinski definition) is 3. The van der Waals surface area contributed by atoms with Gasteiger partial charge in [-0.25, -0.2) is 0 Å². The lowest BCUT2D eigenvalue weighted by atomic mass is 9.91. The number of thioether (sulfide) groups is 1. The van der Waals surface area contributed by atoms with Gasteiger partial charge in [0, 0.05) is 22.6 Å². The topological polar surface area (TPSA) is 21.3 Å². The van der Waals surface area contributed by atoms with Crippen LogP contribution in [0.4, 0.5) is 0 Å². The molecule has 1 aliphatic carbocycles. The largest absolute Gasteiger partial charge is 0.496 e. The number of para-hydroxylation sites is 1. The highest BCUT2D eigenvalue weighted by molar-refractivity contribution is 7.99. The number of ether oxygens (including phenoxy) is 1. The van der Waals surface area contributed by atoms with Gasteiger partial charge < -0.3 is 10.1 Å². The molecule has 0 aromatic heterocycles. The first-order chi connectivity index (χ1) is 10.2. The fourth-order valence-electron chi connectivity index (χ4n) is 3.22. The van der Waals surface area contributed by atoms with Crippen molar-refractivity contribution < 1.29 is 4.74 Å². The molecule has 3 unspecified atom stereocenters. The Kier molecular flexibility index (Phi) is 6.91. The summed E-state index contributed by atoms with van der Waals surface area (Å²) in [5, 5.41) is 4.46. The number of rotatable bonds is 7.